The second-order valence-corrected chi connectivity index (χ2v) is 6.91. The molecule has 0 aliphatic carbocycles. The molecule has 0 spiro atoms. The van der Waals surface area contributed by atoms with Gasteiger partial charge in [0.15, 0.2) is 5.13 Å². The number of hydrogen-bond acceptors (Lipinski definition) is 4. The number of rotatable bonds is 7. The van der Waals surface area contributed by atoms with Crippen molar-refractivity contribution in [3.8, 4) is 0 Å². The average molecular weight is 345 g/mol. The zero-order chi connectivity index (χ0) is 17.5. The summed E-state index contributed by atoms with van der Waals surface area (Å²) in [6.45, 7) is 6.68. The molecule has 0 fully saturated rings. The van der Waals surface area contributed by atoms with Crippen molar-refractivity contribution in [1.82, 2.24) is 9.88 Å². The third-order valence-electron chi connectivity index (χ3n) is 3.50. The minimum absolute atomic E-state index is 0.0200. The Morgan fingerprint density at radius 1 is 1.25 bits per heavy atom. The molecule has 2 rings (SSSR count). The lowest BCUT2D eigenvalue weighted by atomic mass is 10.1. The van der Waals surface area contributed by atoms with Crippen molar-refractivity contribution in [2.24, 2.45) is 5.92 Å². The van der Waals surface area contributed by atoms with Crippen LogP contribution >= 0.6 is 11.3 Å². The van der Waals surface area contributed by atoms with Crippen molar-refractivity contribution in [2.45, 2.75) is 27.2 Å². The fourth-order valence-corrected chi connectivity index (χ4v) is 2.89. The highest BCUT2D eigenvalue weighted by Crippen LogP contribution is 2.12. The molecule has 0 aliphatic heterocycles. The Morgan fingerprint density at radius 3 is 2.50 bits per heavy atom. The van der Waals surface area contributed by atoms with Crippen LogP contribution in [0, 0.1) is 5.92 Å². The number of nitrogens with one attached hydrogen (secondary N) is 1. The van der Waals surface area contributed by atoms with Crippen molar-refractivity contribution < 1.29 is 9.59 Å². The first-order valence-electron chi connectivity index (χ1n) is 8.07. The minimum Gasteiger partial charge on any atom is -0.329 e. The largest absolute Gasteiger partial charge is 0.329 e. The van der Waals surface area contributed by atoms with Gasteiger partial charge in [0.25, 0.3) is 5.91 Å². The van der Waals surface area contributed by atoms with Crippen LogP contribution in [0.1, 0.15) is 36.7 Å². The van der Waals surface area contributed by atoms with E-state index in [2.05, 4.69) is 17.2 Å². The van der Waals surface area contributed by atoms with Crippen LogP contribution in [0.4, 0.5) is 5.13 Å². The summed E-state index contributed by atoms with van der Waals surface area (Å²) in [4.78, 5) is 30.6. The number of thiazole rings is 1. The van der Waals surface area contributed by atoms with Crippen LogP contribution in [0.15, 0.2) is 35.8 Å². The second-order valence-electron chi connectivity index (χ2n) is 6.02. The van der Waals surface area contributed by atoms with E-state index in [1.807, 2.05) is 38.1 Å². The predicted octanol–water partition coefficient (Wildman–Crippen LogP) is 3.44. The van der Waals surface area contributed by atoms with Crippen molar-refractivity contribution in [1.29, 1.82) is 0 Å². The number of carbonyl (C=O) groups excluding carboxylic acids is 2. The van der Waals surface area contributed by atoms with Gasteiger partial charge < -0.3 is 10.2 Å². The van der Waals surface area contributed by atoms with Gasteiger partial charge in [-0.1, -0.05) is 32.9 Å². The summed E-state index contributed by atoms with van der Waals surface area (Å²) in [5, 5.41) is 5.06. The Morgan fingerprint density at radius 2 is 1.96 bits per heavy atom. The van der Waals surface area contributed by atoms with Gasteiger partial charge in [0.1, 0.15) is 6.54 Å². The first kappa shape index (κ1) is 18.1. The highest BCUT2D eigenvalue weighted by atomic mass is 32.1. The van der Waals surface area contributed by atoms with E-state index >= 15 is 0 Å². The summed E-state index contributed by atoms with van der Waals surface area (Å²) in [5.74, 6) is -0.0821. The highest BCUT2D eigenvalue weighted by Gasteiger charge is 2.20. The lowest BCUT2D eigenvalue weighted by Gasteiger charge is -2.24. The number of carbonyl (C=O) groups is 2. The Kier molecular flexibility index (Phi) is 6.49. The van der Waals surface area contributed by atoms with E-state index < -0.39 is 0 Å². The SMILES string of the molecule is CCc1ccc(C(=O)N(CC(=O)Nc2nccs2)CC(C)C)cc1. The number of anilines is 1. The molecule has 1 heterocycles. The maximum Gasteiger partial charge on any atom is 0.254 e. The topological polar surface area (TPSA) is 62.3 Å². The van der Waals surface area contributed by atoms with Gasteiger partial charge >= 0.3 is 0 Å². The quantitative estimate of drug-likeness (QED) is 0.836. The van der Waals surface area contributed by atoms with Crippen LogP contribution in [0.2, 0.25) is 0 Å². The number of amides is 2. The molecule has 24 heavy (non-hydrogen) atoms. The second kappa shape index (κ2) is 8.59. The van der Waals surface area contributed by atoms with E-state index in [1.165, 1.54) is 16.9 Å². The molecule has 2 aromatic rings. The molecule has 0 atom stereocenters. The zero-order valence-corrected chi connectivity index (χ0v) is 15.1. The summed E-state index contributed by atoms with van der Waals surface area (Å²) >= 11 is 1.35. The lowest BCUT2D eigenvalue weighted by Crippen LogP contribution is -2.40. The van der Waals surface area contributed by atoms with E-state index in [1.54, 1.807) is 16.5 Å². The van der Waals surface area contributed by atoms with Gasteiger partial charge in [0.05, 0.1) is 0 Å². The van der Waals surface area contributed by atoms with Crippen LogP contribution in [-0.4, -0.2) is 34.8 Å². The predicted molar refractivity (Wildman–Crippen MR) is 97.3 cm³/mol. The van der Waals surface area contributed by atoms with Crippen LogP contribution in [0.5, 0.6) is 0 Å². The lowest BCUT2D eigenvalue weighted by molar-refractivity contribution is -0.117. The Balaban J connectivity index is 2.08. The van der Waals surface area contributed by atoms with Gasteiger partial charge in [-0.3, -0.25) is 9.59 Å². The highest BCUT2D eigenvalue weighted by molar-refractivity contribution is 7.13. The van der Waals surface area contributed by atoms with Crippen LogP contribution < -0.4 is 5.32 Å². The maximum atomic E-state index is 12.8. The number of hydrogen-bond donors (Lipinski definition) is 1. The number of nitrogens with zero attached hydrogens (tertiary/aromatic N) is 2. The minimum atomic E-state index is -0.232. The van der Waals surface area contributed by atoms with Crippen molar-refractivity contribution in [3.05, 3.63) is 47.0 Å². The average Bonchev–Trinajstić information content (AvgIpc) is 3.06. The molecule has 0 unspecified atom stereocenters. The molecule has 2 amide bonds. The van der Waals surface area contributed by atoms with Gasteiger partial charge in [-0.25, -0.2) is 4.98 Å². The summed E-state index contributed by atoms with van der Waals surface area (Å²) in [6, 6.07) is 7.56. The van der Waals surface area contributed by atoms with Gasteiger partial charge in [0.2, 0.25) is 5.91 Å². The fraction of sp³-hybridized carbons (Fsp3) is 0.389. The molecule has 6 heteroatoms. The molecule has 5 nitrogen and oxygen atoms in total. The van der Waals surface area contributed by atoms with E-state index in [9.17, 15) is 9.59 Å². The molecular formula is C18H23N3O2S. The van der Waals surface area contributed by atoms with Crippen molar-refractivity contribution in [2.75, 3.05) is 18.4 Å². The summed E-state index contributed by atoms with van der Waals surface area (Å²) in [5.41, 5.74) is 1.79. The standard InChI is InChI=1S/C18H23N3O2S/c1-4-14-5-7-15(8-6-14)17(23)21(11-13(2)3)12-16(22)20-18-19-9-10-24-18/h5-10,13H,4,11-12H2,1-3H3,(H,19,20,22). The Labute approximate surface area is 146 Å². The Bertz CT molecular complexity index is 666. The van der Waals surface area contributed by atoms with Crippen molar-refractivity contribution in [3.63, 3.8) is 0 Å². The third kappa shape index (κ3) is 5.16. The van der Waals surface area contributed by atoms with E-state index in [0.717, 1.165) is 6.42 Å². The summed E-state index contributed by atoms with van der Waals surface area (Å²) in [6.07, 6.45) is 2.56. The molecule has 0 bridgehead atoms. The van der Waals surface area contributed by atoms with Gasteiger partial charge in [-0.15, -0.1) is 11.3 Å². The van der Waals surface area contributed by atoms with Crippen LogP contribution in [-0.2, 0) is 11.2 Å². The fourth-order valence-electron chi connectivity index (χ4n) is 2.34. The van der Waals surface area contributed by atoms with Gasteiger partial charge in [0, 0.05) is 23.7 Å². The van der Waals surface area contributed by atoms with E-state index in [-0.39, 0.29) is 24.3 Å². The smallest absolute Gasteiger partial charge is 0.254 e. The maximum absolute atomic E-state index is 12.8. The molecule has 1 N–H and O–H groups in total. The molecule has 0 radical (unpaired) electrons. The Hall–Kier alpha value is -2.21. The first-order valence-corrected chi connectivity index (χ1v) is 8.95. The molecule has 1 aromatic carbocycles. The molecule has 128 valence electrons. The zero-order valence-electron chi connectivity index (χ0n) is 14.3. The van der Waals surface area contributed by atoms with E-state index in [0.29, 0.717) is 17.2 Å². The molecule has 1 aromatic heterocycles. The van der Waals surface area contributed by atoms with Crippen LogP contribution in [0.3, 0.4) is 0 Å². The molecular weight excluding hydrogens is 322 g/mol. The van der Waals surface area contributed by atoms with Crippen LogP contribution in [0.25, 0.3) is 0 Å². The molecule has 0 saturated carbocycles. The number of benzene rings is 1. The van der Waals surface area contributed by atoms with Gasteiger partial charge in [-0.05, 0) is 30.0 Å². The summed E-state index contributed by atoms with van der Waals surface area (Å²) in [7, 11) is 0. The molecule has 0 aliphatic rings. The normalized spacial score (nSPS) is 10.7. The third-order valence-corrected chi connectivity index (χ3v) is 4.18. The first-order chi connectivity index (χ1) is 11.5. The van der Waals surface area contributed by atoms with Crippen molar-refractivity contribution >= 4 is 28.3 Å². The molecule has 0 saturated heterocycles. The van der Waals surface area contributed by atoms with Gasteiger partial charge in [-0.2, -0.15) is 0 Å². The summed E-state index contributed by atoms with van der Waals surface area (Å²) < 4.78 is 0. The van der Waals surface area contributed by atoms with E-state index in [4.69, 9.17) is 0 Å². The number of aromatic nitrogens is 1. The monoisotopic (exact) mass is 345 g/mol. The number of aryl methyl sites for hydroxylation is 1.